The molecular formula is C25H25N7O2S. The molecule has 0 bridgehead atoms. The molecule has 9 nitrogen and oxygen atoms in total. The molecule has 5 rings (SSSR count). The molecule has 0 aliphatic rings. The summed E-state index contributed by atoms with van der Waals surface area (Å²) in [4.78, 5) is 9.23. The molecule has 10 heteroatoms. The number of rotatable bonds is 7. The van der Waals surface area contributed by atoms with E-state index in [2.05, 4.69) is 25.0 Å². The second-order valence-corrected chi connectivity index (χ2v) is 10.3. The van der Waals surface area contributed by atoms with Gasteiger partial charge in [-0.05, 0) is 44.2 Å². The van der Waals surface area contributed by atoms with Gasteiger partial charge < -0.3 is 4.57 Å². The van der Waals surface area contributed by atoms with E-state index >= 15 is 0 Å². The zero-order valence-electron chi connectivity index (χ0n) is 19.6. The highest BCUT2D eigenvalue weighted by Gasteiger charge is 2.24. The predicted octanol–water partition coefficient (Wildman–Crippen LogP) is 3.93. The molecule has 0 saturated carbocycles. The normalized spacial score (nSPS) is 11.9. The SMILES string of the molecule is CCS(=O)(=O)Nc1cn(C(c2ccccn2)c2ccccn2)c2cc(-c3c(C)nnn3C)ccc12. The van der Waals surface area contributed by atoms with Crippen molar-refractivity contribution in [1.82, 2.24) is 29.5 Å². The highest BCUT2D eigenvalue weighted by Crippen LogP contribution is 2.36. The number of hydrogen-bond donors (Lipinski definition) is 1. The van der Waals surface area contributed by atoms with Gasteiger partial charge in [-0.2, -0.15) is 0 Å². The van der Waals surface area contributed by atoms with Gasteiger partial charge in [0.05, 0.1) is 39.7 Å². The Morgan fingerprint density at radius 2 is 1.69 bits per heavy atom. The van der Waals surface area contributed by atoms with E-state index in [1.165, 1.54) is 0 Å². The number of sulfonamides is 1. The van der Waals surface area contributed by atoms with Gasteiger partial charge in [0.1, 0.15) is 6.04 Å². The number of nitrogens with one attached hydrogen (secondary N) is 1. The molecule has 5 aromatic rings. The van der Waals surface area contributed by atoms with Crippen molar-refractivity contribution in [3.63, 3.8) is 0 Å². The Morgan fingerprint density at radius 3 is 2.23 bits per heavy atom. The maximum atomic E-state index is 12.5. The maximum absolute atomic E-state index is 12.5. The van der Waals surface area contributed by atoms with Crippen LogP contribution in [0.25, 0.3) is 22.2 Å². The molecular weight excluding hydrogens is 462 g/mol. The number of pyridine rings is 2. The Bertz CT molecular complexity index is 1530. The molecule has 35 heavy (non-hydrogen) atoms. The second kappa shape index (κ2) is 8.95. The average Bonchev–Trinajstić information content (AvgIpc) is 3.39. The molecule has 0 unspecified atom stereocenters. The fourth-order valence-electron chi connectivity index (χ4n) is 4.30. The quantitative estimate of drug-likeness (QED) is 0.373. The summed E-state index contributed by atoms with van der Waals surface area (Å²) in [5.41, 5.74) is 5.54. The predicted molar refractivity (Wildman–Crippen MR) is 135 cm³/mol. The summed E-state index contributed by atoms with van der Waals surface area (Å²) in [6.07, 6.45) is 5.31. The fraction of sp³-hybridized carbons (Fsp3) is 0.200. The van der Waals surface area contributed by atoms with Crippen molar-refractivity contribution in [3.8, 4) is 11.3 Å². The van der Waals surface area contributed by atoms with Crippen LogP contribution < -0.4 is 4.72 Å². The molecule has 0 radical (unpaired) electrons. The van der Waals surface area contributed by atoms with E-state index in [1.54, 1.807) is 24.0 Å². The lowest BCUT2D eigenvalue weighted by Crippen LogP contribution is -2.15. The van der Waals surface area contributed by atoms with Crippen LogP contribution >= 0.6 is 0 Å². The summed E-state index contributed by atoms with van der Waals surface area (Å²) in [6.45, 7) is 3.53. The number of nitrogens with zero attached hydrogens (tertiary/aromatic N) is 6. The van der Waals surface area contributed by atoms with Crippen LogP contribution in [0.15, 0.2) is 73.2 Å². The van der Waals surface area contributed by atoms with Gasteiger partial charge in [-0.1, -0.05) is 29.5 Å². The third-order valence-corrected chi connectivity index (χ3v) is 7.25. The summed E-state index contributed by atoms with van der Waals surface area (Å²) >= 11 is 0. The van der Waals surface area contributed by atoms with Crippen LogP contribution in [0.2, 0.25) is 0 Å². The number of anilines is 1. The lowest BCUT2D eigenvalue weighted by atomic mass is 10.1. The highest BCUT2D eigenvalue weighted by molar-refractivity contribution is 7.92. The molecule has 1 N–H and O–H groups in total. The van der Waals surface area contributed by atoms with Crippen molar-refractivity contribution < 1.29 is 8.42 Å². The number of aryl methyl sites for hydroxylation is 2. The first-order chi connectivity index (χ1) is 16.9. The van der Waals surface area contributed by atoms with Gasteiger partial charge >= 0.3 is 0 Å². The van der Waals surface area contributed by atoms with Crippen LogP contribution in [0.3, 0.4) is 0 Å². The van der Waals surface area contributed by atoms with Gasteiger partial charge in [0, 0.05) is 36.6 Å². The third-order valence-electron chi connectivity index (χ3n) is 5.96. The molecule has 0 atom stereocenters. The minimum Gasteiger partial charge on any atom is -0.330 e. The highest BCUT2D eigenvalue weighted by atomic mass is 32.2. The van der Waals surface area contributed by atoms with E-state index in [9.17, 15) is 8.42 Å². The monoisotopic (exact) mass is 487 g/mol. The summed E-state index contributed by atoms with van der Waals surface area (Å²) in [7, 11) is -1.64. The molecule has 4 aromatic heterocycles. The summed E-state index contributed by atoms with van der Waals surface area (Å²) in [6, 6.07) is 17.0. The summed E-state index contributed by atoms with van der Waals surface area (Å²) in [5.74, 6) is -0.0262. The fourth-order valence-corrected chi connectivity index (χ4v) is 4.94. The van der Waals surface area contributed by atoms with Gasteiger partial charge in [0.15, 0.2) is 0 Å². The van der Waals surface area contributed by atoms with Crippen LogP contribution in [-0.2, 0) is 17.1 Å². The number of hydrogen-bond acceptors (Lipinski definition) is 6. The van der Waals surface area contributed by atoms with Gasteiger partial charge in [-0.3, -0.25) is 14.7 Å². The van der Waals surface area contributed by atoms with Crippen molar-refractivity contribution in [3.05, 3.63) is 90.3 Å². The zero-order chi connectivity index (χ0) is 24.6. The van der Waals surface area contributed by atoms with Gasteiger partial charge in [0.2, 0.25) is 10.0 Å². The van der Waals surface area contributed by atoms with Gasteiger partial charge in [-0.15, -0.1) is 5.10 Å². The van der Waals surface area contributed by atoms with E-state index in [4.69, 9.17) is 0 Å². The van der Waals surface area contributed by atoms with Crippen molar-refractivity contribution in [2.45, 2.75) is 19.9 Å². The molecule has 0 amide bonds. The lowest BCUT2D eigenvalue weighted by Gasteiger charge is -2.19. The Labute approximate surface area is 203 Å². The molecule has 0 spiro atoms. The minimum absolute atomic E-state index is 0.0262. The van der Waals surface area contributed by atoms with Crippen LogP contribution in [0.1, 0.15) is 30.0 Å². The van der Waals surface area contributed by atoms with Crippen molar-refractivity contribution in [1.29, 1.82) is 0 Å². The molecule has 4 heterocycles. The Balaban J connectivity index is 1.80. The Kier molecular flexibility index (Phi) is 5.81. The smallest absolute Gasteiger partial charge is 0.232 e. The van der Waals surface area contributed by atoms with Crippen LogP contribution in [0.5, 0.6) is 0 Å². The maximum Gasteiger partial charge on any atom is 0.232 e. The van der Waals surface area contributed by atoms with E-state index in [1.807, 2.05) is 79.3 Å². The summed E-state index contributed by atoms with van der Waals surface area (Å²) in [5, 5.41) is 9.10. The second-order valence-electron chi connectivity index (χ2n) is 8.25. The molecule has 0 fully saturated rings. The Hall–Kier alpha value is -4.05. The molecule has 0 aliphatic heterocycles. The molecule has 0 aliphatic carbocycles. The van der Waals surface area contributed by atoms with E-state index < -0.39 is 10.0 Å². The summed E-state index contributed by atoms with van der Waals surface area (Å²) < 4.78 is 31.5. The lowest BCUT2D eigenvalue weighted by molar-refractivity contribution is 0.602. The van der Waals surface area contributed by atoms with Gasteiger partial charge in [0.25, 0.3) is 0 Å². The average molecular weight is 488 g/mol. The Morgan fingerprint density at radius 1 is 1.00 bits per heavy atom. The third kappa shape index (κ3) is 4.28. The molecule has 178 valence electrons. The molecule has 0 saturated heterocycles. The van der Waals surface area contributed by atoms with Gasteiger partial charge in [-0.25, -0.2) is 13.1 Å². The van der Waals surface area contributed by atoms with Crippen molar-refractivity contribution >= 4 is 26.6 Å². The van der Waals surface area contributed by atoms with E-state index in [0.717, 1.165) is 39.2 Å². The van der Waals surface area contributed by atoms with Crippen molar-refractivity contribution in [2.24, 2.45) is 7.05 Å². The van der Waals surface area contributed by atoms with E-state index in [0.29, 0.717) is 5.69 Å². The van der Waals surface area contributed by atoms with Crippen LogP contribution in [0.4, 0.5) is 5.69 Å². The first-order valence-electron chi connectivity index (χ1n) is 11.2. The van der Waals surface area contributed by atoms with Crippen LogP contribution in [0, 0.1) is 6.92 Å². The first-order valence-corrected chi connectivity index (χ1v) is 12.9. The van der Waals surface area contributed by atoms with E-state index in [-0.39, 0.29) is 11.8 Å². The standard InChI is InChI=1S/C25H25N7O2S/c1-4-35(33,34)29-22-16-32(25(20-9-5-7-13-26-20)21-10-6-8-14-27-21)23-15-18(11-12-19(22)23)24-17(2)28-30-31(24)3/h5-16,25,29H,4H2,1-3H3. The first kappa shape index (κ1) is 22.7. The molecule has 1 aromatic carbocycles. The minimum atomic E-state index is -3.49. The van der Waals surface area contributed by atoms with Crippen molar-refractivity contribution in [2.75, 3.05) is 10.5 Å². The largest absolute Gasteiger partial charge is 0.330 e. The topological polar surface area (TPSA) is 108 Å². The number of benzene rings is 1. The number of fused-ring (bicyclic) bond motifs is 1. The van der Waals surface area contributed by atoms with Crippen LogP contribution in [-0.4, -0.2) is 43.7 Å². The number of aromatic nitrogens is 6. The zero-order valence-corrected chi connectivity index (χ0v) is 20.4.